The van der Waals surface area contributed by atoms with Gasteiger partial charge in [0.1, 0.15) is 30.2 Å². The third-order valence-corrected chi connectivity index (χ3v) is 13.6. The Balaban J connectivity index is 1.43. The van der Waals surface area contributed by atoms with Crippen molar-refractivity contribution >= 4 is 18.7 Å². The van der Waals surface area contributed by atoms with E-state index in [0.717, 1.165) is 27.2 Å². The van der Waals surface area contributed by atoms with Crippen LogP contribution in [-0.4, -0.2) is 65.0 Å². The van der Waals surface area contributed by atoms with Crippen molar-refractivity contribution in [3.8, 4) is 5.75 Å². The number of benzene rings is 4. The van der Waals surface area contributed by atoms with E-state index < -0.39 is 39.0 Å². The standard InChI is InChI=1S/C38H46O7Si/c1-38(2,3)46(31-17-11-7-12-18-31,32-19-13-8-14-20-32)44-27-33-34(39)35(42-25-28-15-9-6-10-16-28)36(37(41-5)45-33)43-26-29-21-23-30(40-4)24-22-29/h6-24,33-37,39H,25-27H2,1-5H3/t33?,34-,35-,36?,37+/m1/s1. The van der Waals surface area contributed by atoms with Gasteiger partial charge in [-0.3, -0.25) is 0 Å². The van der Waals surface area contributed by atoms with Gasteiger partial charge in [0.2, 0.25) is 0 Å². The second-order valence-electron chi connectivity index (χ2n) is 12.6. The van der Waals surface area contributed by atoms with Crippen LogP contribution in [0.3, 0.4) is 0 Å². The minimum Gasteiger partial charge on any atom is -0.497 e. The highest BCUT2D eigenvalue weighted by Crippen LogP contribution is 2.38. The summed E-state index contributed by atoms with van der Waals surface area (Å²) in [7, 11) is 0.334. The Morgan fingerprint density at radius 1 is 0.674 bits per heavy atom. The van der Waals surface area contributed by atoms with Crippen molar-refractivity contribution in [3.63, 3.8) is 0 Å². The zero-order valence-corrected chi connectivity index (χ0v) is 28.4. The van der Waals surface area contributed by atoms with Gasteiger partial charge in [0.25, 0.3) is 8.32 Å². The monoisotopic (exact) mass is 642 g/mol. The number of aliphatic hydroxyl groups excluding tert-OH is 1. The van der Waals surface area contributed by atoms with Crippen molar-refractivity contribution < 1.29 is 33.2 Å². The molecule has 1 aliphatic heterocycles. The molecule has 1 heterocycles. The Bertz CT molecular complexity index is 1420. The van der Waals surface area contributed by atoms with Crippen molar-refractivity contribution in [3.05, 3.63) is 126 Å². The van der Waals surface area contributed by atoms with Gasteiger partial charge in [-0.15, -0.1) is 0 Å². The molecule has 1 N–H and O–H groups in total. The largest absolute Gasteiger partial charge is 0.497 e. The smallest absolute Gasteiger partial charge is 0.261 e. The highest BCUT2D eigenvalue weighted by atomic mass is 28.4. The van der Waals surface area contributed by atoms with Gasteiger partial charge in [-0.05, 0) is 38.7 Å². The second kappa shape index (κ2) is 15.5. The van der Waals surface area contributed by atoms with Gasteiger partial charge in [0.05, 0.1) is 26.9 Å². The zero-order valence-electron chi connectivity index (χ0n) is 27.4. The maximum Gasteiger partial charge on any atom is 0.261 e. The lowest BCUT2D eigenvalue weighted by Gasteiger charge is -2.47. The molecule has 1 aliphatic rings. The first-order valence-electron chi connectivity index (χ1n) is 15.8. The summed E-state index contributed by atoms with van der Waals surface area (Å²) in [5, 5.41) is 14.0. The van der Waals surface area contributed by atoms with Gasteiger partial charge >= 0.3 is 0 Å². The third-order valence-electron chi connectivity index (χ3n) is 8.62. The summed E-state index contributed by atoms with van der Waals surface area (Å²) in [5.41, 5.74) is 1.94. The fourth-order valence-corrected chi connectivity index (χ4v) is 10.8. The number of aliphatic hydroxyl groups is 1. The Labute approximate surface area is 274 Å². The summed E-state index contributed by atoms with van der Waals surface area (Å²) in [6, 6.07) is 38.4. The van der Waals surface area contributed by atoms with Crippen molar-refractivity contribution in [1.29, 1.82) is 0 Å². The van der Waals surface area contributed by atoms with E-state index in [1.165, 1.54) is 0 Å². The average molecular weight is 643 g/mol. The van der Waals surface area contributed by atoms with Crippen LogP contribution in [0.15, 0.2) is 115 Å². The molecule has 2 unspecified atom stereocenters. The van der Waals surface area contributed by atoms with E-state index in [-0.39, 0.29) is 18.3 Å². The Hall–Kier alpha value is -3.34. The Morgan fingerprint density at radius 3 is 1.67 bits per heavy atom. The maximum atomic E-state index is 11.9. The molecule has 0 amide bonds. The molecule has 1 saturated heterocycles. The molecule has 0 aromatic heterocycles. The van der Waals surface area contributed by atoms with E-state index in [9.17, 15) is 5.11 Å². The van der Waals surface area contributed by atoms with E-state index in [1.54, 1.807) is 14.2 Å². The first-order chi connectivity index (χ1) is 22.3. The first kappa shape index (κ1) is 34.0. The van der Waals surface area contributed by atoms with Crippen LogP contribution in [0, 0.1) is 0 Å². The van der Waals surface area contributed by atoms with Gasteiger partial charge in [0, 0.05) is 7.11 Å². The van der Waals surface area contributed by atoms with Crippen molar-refractivity contribution in [2.24, 2.45) is 0 Å². The average Bonchev–Trinajstić information content (AvgIpc) is 3.08. The molecule has 4 aromatic carbocycles. The predicted molar refractivity (Wildman–Crippen MR) is 182 cm³/mol. The molecule has 0 saturated carbocycles. The quantitative estimate of drug-likeness (QED) is 0.194. The number of ether oxygens (including phenoxy) is 5. The summed E-state index contributed by atoms with van der Waals surface area (Å²) >= 11 is 0. The SMILES string of the molecule is COc1ccc(COC2[C@@H](OC)OC(CO[Si](c3ccccc3)(c3ccccc3)C(C)(C)C)[C@@H](O)[C@H]2OCc2ccccc2)cc1. The first-order valence-corrected chi connectivity index (χ1v) is 17.7. The molecule has 5 atom stereocenters. The van der Waals surface area contributed by atoms with Crippen molar-refractivity contribution in [1.82, 2.24) is 0 Å². The molecule has 0 spiro atoms. The van der Waals surface area contributed by atoms with Crippen LogP contribution < -0.4 is 15.1 Å². The van der Waals surface area contributed by atoms with Gasteiger partial charge in [-0.25, -0.2) is 0 Å². The van der Waals surface area contributed by atoms with Crippen LogP contribution in [0.1, 0.15) is 31.9 Å². The lowest BCUT2D eigenvalue weighted by molar-refractivity contribution is -0.313. The molecule has 5 rings (SSSR count). The maximum absolute atomic E-state index is 11.9. The van der Waals surface area contributed by atoms with E-state index in [0.29, 0.717) is 6.61 Å². The molecular formula is C38H46O7Si. The number of rotatable bonds is 13. The van der Waals surface area contributed by atoms with E-state index in [1.807, 2.05) is 66.7 Å². The molecule has 8 heteroatoms. The molecule has 4 aromatic rings. The van der Waals surface area contributed by atoms with Gasteiger partial charge in [0.15, 0.2) is 6.29 Å². The minimum atomic E-state index is -2.89. The predicted octanol–water partition coefficient (Wildman–Crippen LogP) is 5.47. The lowest BCUT2D eigenvalue weighted by Crippen LogP contribution is -2.68. The zero-order chi connectivity index (χ0) is 32.6. The third kappa shape index (κ3) is 7.61. The summed E-state index contributed by atoms with van der Waals surface area (Å²) < 4.78 is 37.6. The molecule has 46 heavy (non-hydrogen) atoms. The van der Waals surface area contributed by atoms with Gasteiger partial charge in [-0.2, -0.15) is 0 Å². The van der Waals surface area contributed by atoms with Crippen molar-refractivity contribution in [2.45, 2.75) is 69.7 Å². The Morgan fingerprint density at radius 2 is 1.17 bits per heavy atom. The lowest BCUT2D eigenvalue weighted by atomic mass is 9.98. The summed E-state index contributed by atoms with van der Waals surface area (Å²) in [5.74, 6) is 0.766. The van der Waals surface area contributed by atoms with Crippen LogP contribution in [0.2, 0.25) is 5.04 Å². The molecule has 0 radical (unpaired) electrons. The fourth-order valence-electron chi connectivity index (χ4n) is 6.23. The van der Waals surface area contributed by atoms with Gasteiger partial charge < -0.3 is 33.2 Å². The van der Waals surface area contributed by atoms with Crippen LogP contribution >= 0.6 is 0 Å². The summed E-state index contributed by atoms with van der Waals surface area (Å²) in [6.07, 6.45) is -4.02. The molecule has 0 aliphatic carbocycles. The topological polar surface area (TPSA) is 75.6 Å². The Kier molecular flexibility index (Phi) is 11.5. The van der Waals surface area contributed by atoms with E-state index >= 15 is 0 Å². The molecule has 1 fully saturated rings. The number of hydrogen-bond acceptors (Lipinski definition) is 7. The number of methoxy groups -OCH3 is 2. The normalized spacial score (nSPS) is 22.0. The highest BCUT2D eigenvalue weighted by molar-refractivity contribution is 6.99. The minimum absolute atomic E-state index is 0.144. The molecule has 0 bridgehead atoms. The van der Waals surface area contributed by atoms with Crippen LogP contribution in [0.25, 0.3) is 0 Å². The fraction of sp³-hybridized carbons (Fsp3) is 0.368. The summed E-state index contributed by atoms with van der Waals surface area (Å²) in [6.45, 7) is 7.39. The van der Waals surface area contributed by atoms with Crippen molar-refractivity contribution in [2.75, 3.05) is 20.8 Å². The van der Waals surface area contributed by atoms with Gasteiger partial charge in [-0.1, -0.05) is 124 Å². The second-order valence-corrected chi connectivity index (χ2v) is 16.9. The van der Waals surface area contributed by atoms with Crippen LogP contribution in [0.5, 0.6) is 5.75 Å². The van der Waals surface area contributed by atoms with E-state index in [2.05, 4.69) is 69.3 Å². The van der Waals surface area contributed by atoms with E-state index in [4.69, 9.17) is 28.1 Å². The van der Waals surface area contributed by atoms with Crippen LogP contribution in [0.4, 0.5) is 0 Å². The molecule has 244 valence electrons. The van der Waals surface area contributed by atoms with Crippen LogP contribution in [-0.2, 0) is 36.6 Å². The molecular weight excluding hydrogens is 596 g/mol. The number of hydrogen-bond donors (Lipinski definition) is 1. The summed E-state index contributed by atoms with van der Waals surface area (Å²) in [4.78, 5) is 0. The molecule has 7 nitrogen and oxygen atoms in total. The highest BCUT2D eigenvalue weighted by Gasteiger charge is 2.53.